The minimum absolute atomic E-state index is 0.122. The molecule has 0 heterocycles. The van der Waals surface area contributed by atoms with E-state index in [1.807, 2.05) is 13.0 Å². The molecule has 0 saturated heterocycles. The van der Waals surface area contributed by atoms with Crippen LogP contribution in [0.2, 0.25) is 0 Å². The molecular formula is C18H22N2O5S. The third kappa shape index (κ3) is 5.47. The number of benzene rings is 2. The highest BCUT2D eigenvalue weighted by Crippen LogP contribution is 2.26. The van der Waals surface area contributed by atoms with Gasteiger partial charge in [-0.1, -0.05) is 19.1 Å². The lowest BCUT2D eigenvalue weighted by Crippen LogP contribution is -2.21. The second-order valence-corrected chi connectivity index (χ2v) is 7.25. The molecule has 0 radical (unpaired) electrons. The minimum atomic E-state index is -3.50. The van der Waals surface area contributed by atoms with Gasteiger partial charge in [0.05, 0.1) is 11.5 Å². The Hall–Kier alpha value is -2.58. The number of para-hydroxylation sites is 2. The molecule has 2 rings (SSSR count). The molecule has 1 amide bonds. The van der Waals surface area contributed by atoms with E-state index in [0.717, 1.165) is 6.42 Å². The summed E-state index contributed by atoms with van der Waals surface area (Å²) in [6.07, 6.45) is 0.869. The maximum absolute atomic E-state index is 12.0. The van der Waals surface area contributed by atoms with Gasteiger partial charge in [-0.3, -0.25) is 4.79 Å². The van der Waals surface area contributed by atoms with Crippen molar-refractivity contribution in [2.75, 3.05) is 25.6 Å². The molecule has 0 fully saturated rings. The molecule has 7 nitrogen and oxygen atoms in total. The summed E-state index contributed by atoms with van der Waals surface area (Å²) in [5.41, 5.74) is 0.476. The van der Waals surface area contributed by atoms with Gasteiger partial charge in [-0.2, -0.15) is 0 Å². The van der Waals surface area contributed by atoms with E-state index >= 15 is 0 Å². The number of sulfonamides is 1. The monoisotopic (exact) mass is 378 g/mol. The Morgan fingerprint density at radius 1 is 1.00 bits per heavy atom. The Morgan fingerprint density at radius 2 is 1.62 bits per heavy atom. The van der Waals surface area contributed by atoms with E-state index in [0.29, 0.717) is 23.8 Å². The van der Waals surface area contributed by atoms with Crippen LogP contribution in [-0.2, 0) is 14.8 Å². The first kappa shape index (κ1) is 19.7. The number of hydrogen-bond acceptors (Lipinski definition) is 5. The highest BCUT2D eigenvalue weighted by Gasteiger charge is 2.12. The predicted octanol–water partition coefficient (Wildman–Crippen LogP) is 2.40. The van der Waals surface area contributed by atoms with Crippen molar-refractivity contribution in [3.63, 3.8) is 0 Å². The van der Waals surface area contributed by atoms with Crippen LogP contribution in [0.15, 0.2) is 53.4 Å². The third-order valence-corrected chi connectivity index (χ3v) is 4.82. The van der Waals surface area contributed by atoms with Gasteiger partial charge in [0, 0.05) is 5.69 Å². The zero-order valence-corrected chi connectivity index (χ0v) is 15.5. The lowest BCUT2D eigenvalue weighted by Gasteiger charge is -2.12. The first-order valence-corrected chi connectivity index (χ1v) is 9.62. The molecule has 2 N–H and O–H groups in total. The molecule has 0 aliphatic carbocycles. The van der Waals surface area contributed by atoms with Gasteiger partial charge in [0.1, 0.15) is 0 Å². The summed E-state index contributed by atoms with van der Waals surface area (Å²) < 4.78 is 36.7. The Labute approximate surface area is 153 Å². The van der Waals surface area contributed by atoms with Crippen molar-refractivity contribution >= 4 is 21.6 Å². The number of rotatable bonds is 9. The molecule has 0 aliphatic rings. The molecular weight excluding hydrogens is 356 g/mol. The molecule has 0 aromatic heterocycles. The van der Waals surface area contributed by atoms with Crippen molar-refractivity contribution in [3.8, 4) is 11.5 Å². The fourth-order valence-corrected chi connectivity index (χ4v) is 2.81. The Balaban J connectivity index is 1.93. The van der Waals surface area contributed by atoms with E-state index < -0.39 is 10.0 Å². The van der Waals surface area contributed by atoms with Crippen LogP contribution in [0, 0.1) is 0 Å². The van der Waals surface area contributed by atoms with E-state index in [9.17, 15) is 13.2 Å². The Morgan fingerprint density at radius 3 is 2.19 bits per heavy atom. The van der Waals surface area contributed by atoms with Gasteiger partial charge in [0.25, 0.3) is 5.91 Å². The van der Waals surface area contributed by atoms with Gasteiger partial charge in [-0.15, -0.1) is 0 Å². The first-order chi connectivity index (χ1) is 12.5. The lowest BCUT2D eigenvalue weighted by molar-refractivity contribution is -0.118. The second kappa shape index (κ2) is 9.21. The molecule has 0 atom stereocenters. The van der Waals surface area contributed by atoms with Gasteiger partial charge < -0.3 is 14.8 Å². The summed E-state index contributed by atoms with van der Waals surface area (Å²) in [6, 6.07) is 13.0. The quantitative estimate of drug-likeness (QED) is 0.699. The van der Waals surface area contributed by atoms with Crippen LogP contribution in [-0.4, -0.2) is 34.6 Å². The number of hydrogen-bond donors (Lipinski definition) is 2. The van der Waals surface area contributed by atoms with Crippen LogP contribution in [0.3, 0.4) is 0 Å². The van der Waals surface area contributed by atoms with E-state index in [1.54, 1.807) is 18.2 Å². The van der Waals surface area contributed by atoms with Crippen molar-refractivity contribution in [1.29, 1.82) is 0 Å². The second-order valence-electron chi connectivity index (χ2n) is 5.36. The van der Waals surface area contributed by atoms with Crippen LogP contribution in [0.25, 0.3) is 0 Å². The van der Waals surface area contributed by atoms with Crippen LogP contribution in [0.4, 0.5) is 5.69 Å². The van der Waals surface area contributed by atoms with Gasteiger partial charge in [0.15, 0.2) is 18.1 Å². The van der Waals surface area contributed by atoms with Crippen molar-refractivity contribution < 1.29 is 22.7 Å². The Kier molecular flexibility index (Phi) is 6.99. The largest absolute Gasteiger partial charge is 0.490 e. The maximum Gasteiger partial charge on any atom is 0.262 e. The molecule has 8 heteroatoms. The maximum atomic E-state index is 12.0. The average Bonchev–Trinajstić information content (AvgIpc) is 2.65. The van der Waals surface area contributed by atoms with Crippen LogP contribution in [0.5, 0.6) is 11.5 Å². The number of anilines is 1. The molecule has 0 aliphatic heterocycles. The van der Waals surface area contributed by atoms with Crippen molar-refractivity contribution in [2.24, 2.45) is 0 Å². The summed E-state index contributed by atoms with van der Waals surface area (Å²) in [5.74, 6) is 0.717. The van der Waals surface area contributed by atoms with Gasteiger partial charge in [-0.05, 0) is 49.9 Å². The number of amides is 1. The fraction of sp³-hybridized carbons (Fsp3) is 0.278. The Bertz CT molecular complexity index is 835. The number of carbonyl (C=O) groups excluding carboxylic acids is 1. The minimum Gasteiger partial charge on any atom is -0.490 e. The van der Waals surface area contributed by atoms with Gasteiger partial charge in [0.2, 0.25) is 10.0 Å². The average molecular weight is 378 g/mol. The van der Waals surface area contributed by atoms with E-state index in [1.165, 1.54) is 31.3 Å². The SMILES string of the molecule is CCCOc1ccccc1OCC(=O)Nc1ccc(S(=O)(=O)NC)cc1. The molecule has 0 spiro atoms. The number of carbonyl (C=O) groups is 1. The van der Waals surface area contributed by atoms with Crippen molar-refractivity contribution in [3.05, 3.63) is 48.5 Å². The standard InChI is InChI=1S/C18H22N2O5S/c1-3-12-24-16-6-4-5-7-17(16)25-13-18(21)20-14-8-10-15(11-9-14)26(22,23)19-2/h4-11,19H,3,12-13H2,1-2H3,(H,20,21). The van der Waals surface area contributed by atoms with Crippen LogP contribution in [0.1, 0.15) is 13.3 Å². The smallest absolute Gasteiger partial charge is 0.262 e. The summed E-state index contributed by atoms with van der Waals surface area (Å²) in [7, 11) is -2.17. The summed E-state index contributed by atoms with van der Waals surface area (Å²) in [5, 5.41) is 2.65. The van der Waals surface area contributed by atoms with Crippen molar-refractivity contribution in [1.82, 2.24) is 4.72 Å². The van der Waals surface area contributed by atoms with Crippen molar-refractivity contribution in [2.45, 2.75) is 18.2 Å². The molecule has 0 unspecified atom stereocenters. The van der Waals surface area contributed by atoms with E-state index in [4.69, 9.17) is 9.47 Å². The highest BCUT2D eigenvalue weighted by molar-refractivity contribution is 7.89. The molecule has 2 aromatic rings. The molecule has 26 heavy (non-hydrogen) atoms. The molecule has 140 valence electrons. The molecule has 2 aromatic carbocycles. The summed E-state index contributed by atoms with van der Waals surface area (Å²) >= 11 is 0. The summed E-state index contributed by atoms with van der Waals surface area (Å²) in [4.78, 5) is 12.2. The summed E-state index contributed by atoms with van der Waals surface area (Å²) in [6.45, 7) is 2.38. The highest BCUT2D eigenvalue weighted by atomic mass is 32.2. The number of ether oxygens (including phenoxy) is 2. The molecule has 0 bridgehead atoms. The lowest BCUT2D eigenvalue weighted by atomic mass is 10.3. The zero-order chi connectivity index (χ0) is 19.0. The normalized spacial score (nSPS) is 11.0. The molecule has 0 saturated carbocycles. The predicted molar refractivity (Wildman–Crippen MR) is 99.0 cm³/mol. The topological polar surface area (TPSA) is 93.7 Å². The van der Waals surface area contributed by atoms with Crippen LogP contribution < -0.4 is 19.5 Å². The fourth-order valence-electron chi connectivity index (χ4n) is 2.08. The van der Waals surface area contributed by atoms with E-state index in [2.05, 4.69) is 10.0 Å². The first-order valence-electron chi connectivity index (χ1n) is 8.14. The van der Waals surface area contributed by atoms with E-state index in [-0.39, 0.29) is 17.4 Å². The number of nitrogens with one attached hydrogen (secondary N) is 2. The van der Waals surface area contributed by atoms with Gasteiger partial charge in [-0.25, -0.2) is 13.1 Å². The zero-order valence-electron chi connectivity index (χ0n) is 14.7. The van der Waals surface area contributed by atoms with Gasteiger partial charge >= 0.3 is 0 Å². The third-order valence-electron chi connectivity index (χ3n) is 3.39. The van der Waals surface area contributed by atoms with Crippen LogP contribution >= 0.6 is 0 Å².